The van der Waals surface area contributed by atoms with Gasteiger partial charge in [-0.1, -0.05) is 54.2 Å². The number of rotatable bonds is 9. The van der Waals surface area contributed by atoms with Crippen molar-refractivity contribution in [2.24, 2.45) is 0 Å². The van der Waals surface area contributed by atoms with Gasteiger partial charge >= 0.3 is 0 Å². The molecule has 3 aromatic carbocycles. The molecule has 4 rings (SSSR count). The SMILES string of the molecule is CCOc1ccccc1NC(=O)[C@@H](Sc1nnnn1-c1ccc(OC)cc1)c1ccccc1. The van der Waals surface area contributed by atoms with Crippen LogP contribution in [-0.2, 0) is 4.79 Å². The number of carbonyl (C=O) groups is 1. The average molecular weight is 462 g/mol. The minimum absolute atomic E-state index is 0.206. The fourth-order valence-electron chi connectivity index (χ4n) is 3.19. The molecule has 9 heteroatoms. The summed E-state index contributed by atoms with van der Waals surface area (Å²) in [5.41, 5.74) is 2.20. The molecule has 0 bridgehead atoms. The van der Waals surface area contributed by atoms with E-state index in [1.807, 2.05) is 85.8 Å². The number of nitrogens with one attached hydrogen (secondary N) is 1. The molecular weight excluding hydrogens is 438 g/mol. The topological polar surface area (TPSA) is 91.2 Å². The van der Waals surface area contributed by atoms with E-state index in [0.29, 0.717) is 23.2 Å². The van der Waals surface area contributed by atoms with Crippen LogP contribution in [0.4, 0.5) is 5.69 Å². The molecule has 0 spiro atoms. The predicted molar refractivity (Wildman–Crippen MR) is 127 cm³/mol. The third-order valence-electron chi connectivity index (χ3n) is 4.77. The fraction of sp³-hybridized carbons (Fsp3) is 0.167. The number of hydrogen-bond donors (Lipinski definition) is 1. The zero-order valence-corrected chi connectivity index (χ0v) is 19.0. The van der Waals surface area contributed by atoms with Crippen LogP contribution in [0.15, 0.2) is 84.0 Å². The highest BCUT2D eigenvalue weighted by atomic mass is 32.2. The summed E-state index contributed by atoms with van der Waals surface area (Å²) in [7, 11) is 1.61. The summed E-state index contributed by atoms with van der Waals surface area (Å²) in [5.74, 6) is 1.14. The van der Waals surface area contributed by atoms with Crippen LogP contribution < -0.4 is 14.8 Å². The molecule has 0 fully saturated rings. The average Bonchev–Trinajstić information content (AvgIpc) is 3.33. The first-order valence-corrected chi connectivity index (χ1v) is 11.2. The standard InChI is InChI=1S/C24H23N5O3S/c1-3-32-21-12-8-7-11-20(21)25-23(30)22(17-9-5-4-6-10-17)33-24-26-27-28-29(24)18-13-15-19(31-2)16-14-18/h4-16,22H,3H2,1-2H3,(H,25,30)/t22-/m0/s1. The van der Waals surface area contributed by atoms with E-state index in [2.05, 4.69) is 20.8 Å². The van der Waals surface area contributed by atoms with E-state index < -0.39 is 5.25 Å². The number of carbonyl (C=O) groups excluding carboxylic acids is 1. The number of ether oxygens (including phenoxy) is 2. The number of thioether (sulfide) groups is 1. The van der Waals surface area contributed by atoms with E-state index in [-0.39, 0.29) is 5.91 Å². The minimum Gasteiger partial charge on any atom is -0.497 e. The molecule has 1 heterocycles. The summed E-state index contributed by atoms with van der Waals surface area (Å²) >= 11 is 1.27. The van der Waals surface area contributed by atoms with Crippen LogP contribution in [0.25, 0.3) is 5.69 Å². The van der Waals surface area contributed by atoms with Crippen LogP contribution in [0.2, 0.25) is 0 Å². The first-order valence-electron chi connectivity index (χ1n) is 10.4. The molecule has 0 aliphatic carbocycles. The normalized spacial score (nSPS) is 11.6. The molecule has 1 atom stereocenters. The third-order valence-corrected chi connectivity index (χ3v) is 5.95. The van der Waals surface area contributed by atoms with Gasteiger partial charge < -0.3 is 14.8 Å². The van der Waals surface area contributed by atoms with Gasteiger partial charge in [-0.15, -0.1) is 5.10 Å². The van der Waals surface area contributed by atoms with E-state index in [1.54, 1.807) is 11.8 Å². The highest BCUT2D eigenvalue weighted by molar-refractivity contribution is 8.00. The molecule has 1 N–H and O–H groups in total. The highest BCUT2D eigenvalue weighted by Crippen LogP contribution is 2.36. The monoisotopic (exact) mass is 461 g/mol. The molecule has 0 saturated heterocycles. The third kappa shape index (κ3) is 5.32. The van der Waals surface area contributed by atoms with Crippen LogP contribution in [0, 0.1) is 0 Å². The Morgan fingerprint density at radius 1 is 1.03 bits per heavy atom. The van der Waals surface area contributed by atoms with Gasteiger partial charge in [0.2, 0.25) is 11.1 Å². The summed E-state index contributed by atoms with van der Waals surface area (Å²) in [6, 6.07) is 24.3. The Kier molecular flexibility index (Phi) is 7.21. The number of tetrazole rings is 1. The first-order chi connectivity index (χ1) is 16.2. The Bertz CT molecular complexity index is 1200. The van der Waals surface area contributed by atoms with Crippen molar-refractivity contribution in [2.45, 2.75) is 17.3 Å². The number of aromatic nitrogens is 4. The maximum Gasteiger partial charge on any atom is 0.242 e. The van der Waals surface area contributed by atoms with Gasteiger partial charge in [0.1, 0.15) is 16.7 Å². The molecule has 33 heavy (non-hydrogen) atoms. The van der Waals surface area contributed by atoms with Crippen LogP contribution in [0.5, 0.6) is 11.5 Å². The van der Waals surface area contributed by atoms with Crippen molar-refractivity contribution >= 4 is 23.4 Å². The lowest BCUT2D eigenvalue weighted by Crippen LogP contribution is -2.20. The second-order valence-electron chi connectivity index (χ2n) is 6.90. The van der Waals surface area contributed by atoms with Crippen LogP contribution in [0.3, 0.4) is 0 Å². The number of methoxy groups -OCH3 is 1. The smallest absolute Gasteiger partial charge is 0.242 e. The van der Waals surface area contributed by atoms with E-state index in [1.165, 1.54) is 11.8 Å². The number of nitrogens with zero attached hydrogens (tertiary/aromatic N) is 4. The van der Waals surface area contributed by atoms with Crippen LogP contribution >= 0.6 is 11.8 Å². The molecule has 0 radical (unpaired) electrons. The van der Waals surface area contributed by atoms with Gasteiger partial charge in [0.25, 0.3) is 0 Å². The van der Waals surface area contributed by atoms with Crippen molar-refractivity contribution in [2.75, 3.05) is 19.0 Å². The van der Waals surface area contributed by atoms with Crippen LogP contribution in [-0.4, -0.2) is 39.8 Å². The summed E-state index contributed by atoms with van der Waals surface area (Å²) in [6.45, 7) is 2.40. The number of amides is 1. The van der Waals surface area contributed by atoms with Crippen molar-refractivity contribution in [1.82, 2.24) is 20.2 Å². The molecule has 0 aliphatic heterocycles. The molecule has 1 amide bonds. The maximum atomic E-state index is 13.4. The van der Waals surface area contributed by atoms with Gasteiger partial charge in [0.05, 0.1) is 25.1 Å². The summed E-state index contributed by atoms with van der Waals surface area (Å²) in [4.78, 5) is 13.4. The number of benzene rings is 3. The lowest BCUT2D eigenvalue weighted by atomic mass is 10.1. The summed E-state index contributed by atoms with van der Waals surface area (Å²) in [6.07, 6.45) is 0. The van der Waals surface area contributed by atoms with Crippen molar-refractivity contribution in [3.63, 3.8) is 0 Å². The van der Waals surface area contributed by atoms with Gasteiger partial charge in [-0.2, -0.15) is 4.68 Å². The Hall–Kier alpha value is -3.85. The number of anilines is 1. The van der Waals surface area contributed by atoms with Gasteiger partial charge in [-0.05, 0) is 59.3 Å². The predicted octanol–water partition coefficient (Wildman–Crippen LogP) is 4.54. The Balaban J connectivity index is 1.63. The second kappa shape index (κ2) is 10.6. The zero-order chi connectivity index (χ0) is 23.0. The van der Waals surface area contributed by atoms with Crippen molar-refractivity contribution < 1.29 is 14.3 Å². The number of hydrogen-bond acceptors (Lipinski definition) is 7. The van der Waals surface area contributed by atoms with Crippen LogP contribution in [0.1, 0.15) is 17.7 Å². The number of para-hydroxylation sites is 2. The zero-order valence-electron chi connectivity index (χ0n) is 18.2. The molecule has 4 aromatic rings. The molecular formula is C24H23N5O3S. The maximum absolute atomic E-state index is 13.4. The second-order valence-corrected chi connectivity index (χ2v) is 7.97. The summed E-state index contributed by atoms with van der Waals surface area (Å²) < 4.78 is 12.5. The van der Waals surface area contributed by atoms with Gasteiger partial charge in [-0.3, -0.25) is 4.79 Å². The largest absolute Gasteiger partial charge is 0.497 e. The molecule has 0 unspecified atom stereocenters. The van der Waals surface area contributed by atoms with Gasteiger partial charge in [0.15, 0.2) is 0 Å². The van der Waals surface area contributed by atoms with E-state index in [0.717, 1.165) is 17.0 Å². The van der Waals surface area contributed by atoms with Crippen molar-refractivity contribution in [3.05, 3.63) is 84.4 Å². The van der Waals surface area contributed by atoms with E-state index in [9.17, 15) is 4.79 Å². The van der Waals surface area contributed by atoms with E-state index >= 15 is 0 Å². The highest BCUT2D eigenvalue weighted by Gasteiger charge is 2.26. The quantitative estimate of drug-likeness (QED) is 0.366. The molecule has 168 valence electrons. The molecule has 0 saturated carbocycles. The van der Waals surface area contributed by atoms with E-state index in [4.69, 9.17) is 9.47 Å². The van der Waals surface area contributed by atoms with Crippen molar-refractivity contribution in [3.8, 4) is 17.2 Å². The van der Waals surface area contributed by atoms with Gasteiger partial charge in [-0.25, -0.2) is 0 Å². The first kappa shape index (κ1) is 22.3. The Morgan fingerprint density at radius 3 is 2.48 bits per heavy atom. The fourth-order valence-corrected chi connectivity index (χ4v) is 4.19. The summed E-state index contributed by atoms with van der Waals surface area (Å²) in [5, 5.41) is 15.0. The lowest BCUT2D eigenvalue weighted by molar-refractivity contribution is -0.115. The molecule has 0 aliphatic rings. The lowest BCUT2D eigenvalue weighted by Gasteiger charge is -2.18. The Labute approximate surface area is 195 Å². The van der Waals surface area contributed by atoms with Gasteiger partial charge in [0, 0.05) is 0 Å². The Morgan fingerprint density at radius 2 is 1.76 bits per heavy atom. The minimum atomic E-state index is -0.594. The molecule has 1 aromatic heterocycles. The molecule has 8 nitrogen and oxygen atoms in total. The van der Waals surface area contributed by atoms with Crippen molar-refractivity contribution in [1.29, 1.82) is 0 Å².